The van der Waals surface area contributed by atoms with Crippen LogP contribution in [-0.2, 0) is 4.79 Å². The number of nitrogens with one attached hydrogen (secondary N) is 1. The quantitative estimate of drug-likeness (QED) is 0.621. The molecule has 0 radical (unpaired) electrons. The van der Waals surface area contributed by atoms with E-state index >= 15 is 0 Å². The average molecular weight is 289 g/mol. The molecule has 1 amide bonds. The van der Waals surface area contributed by atoms with E-state index in [1.165, 1.54) is 6.20 Å². The molecule has 0 aliphatic heterocycles. The monoisotopic (exact) mass is 288 g/mol. The van der Waals surface area contributed by atoms with Crippen molar-refractivity contribution in [2.45, 2.75) is 6.42 Å². The molecule has 0 fully saturated rings. The zero-order valence-electron chi connectivity index (χ0n) is 8.14. The maximum Gasteiger partial charge on any atom is 0.311 e. The number of halogens is 1. The summed E-state index contributed by atoms with van der Waals surface area (Å²) < 4.78 is 0.464. The number of carbonyl (C=O) groups is 1. The van der Waals surface area contributed by atoms with Crippen molar-refractivity contribution in [3.63, 3.8) is 0 Å². The van der Waals surface area contributed by atoms with Crippen LogP contribution in [0.4, 0.5) is 11.4 Å². The van der Waals surface area contributed by atoms with Crippen molar-refractivity contribution >= 4 is 33.2 Å². The normalized spacial score (nSPS) is 9.81. The number of hydrogen-bond acceptors (Lipinski definition) is 5. The van der Waals surface area contributed by atoms with E-state index < -0.39 is 10.8 Å². The van der Waals surface area contributed by atoms with Gasteiger partial charge in [-0.3, -0.25) is 19.9 Å². The maximum absolute atomic E-state index is 10.7. The lowest BCUT2D eigenvalue weighted by Crippen LogP contribution is -2.16. The molecule has 86 valence electrons. The molecule has 0 bridgehead atoms. The zero-order chi connectivity index (χ0) is 12.1. The van der Waals surface area contributed by atoms with Crippen LogP contribution in [0.25, 0.3) is 0 Å². The van der Waals surface area contributed by atoms with E-state index in [4.69, 9.17) is 5.73 Å². The van der Waals surface area contributed by atoms with E-state index in [0.29, 0.717) is 10.2 Å². The third-order valence-electron chi connectivity index (χ3n) is 1.75. The predicted molar refractivity (Wildman–Crippen MR) is 60.9 cm³/mol. The molecule has 0 atom stereocenters. The van der Waals surface area contributed by atoms with Crippen LogP contribution in [0.2, 0.25) is 0 Å². The van der Waals surface area contributed by atoms with Gasteiger partial charge in [0.25, 0.3) is 0 Å². The van der Waals surface area contributed by atoms with Crippen LogP contribution in [0, 0.1) is 10.1 Å². The second kappa shape index (κ2) is 5.40. The first-order valence-corrected chi connectivity index (χ1v) is 5.11. The highest BCUT2D eigenvalue weighted by Crippen LogP contribution is 2.30. The minimum atomic E-state index is -0.551. The highest BCUT2D eigenvalue weighted by atomic mass is 79.9. The van der Waals surface area contributed by atoms with Gasteiger partial charge in [-0.2, -0.15) is 0 Å². The first-order valence-electron chi connectivity index (χ1n) is 4.32. The highest BCUT2D eigenvalue weighted by molar-refractivity contribution is 9.10. The van der Waals surface area contributed by atoms with Crippen LogP contribution in [0.3, 0.4) is 0 Å². The lowest BCUT2D eigenvalue weighted by atomic mass is 10.3. The number of rotatable bonds is 5. The molecule has 1 heterocycles. The molecule has 0 aromatic carbocycles. The largest absolute Gasteiger partial charge is 0.378 e. The van der Waals surface area contributed by atoms with E-state index in [2.05, 4.69) is 26.2 Å². The number of anilines is 1. The standard InChI is InChI=1S/C8H9BrN4O3/c9-5-3-11-4-6(13(15)16)8(5)12-2-1-7(10)14/h3-4H,1-2H2,(H2,10,14)(H,11,12). The van der Waals surface area contributed by atoms with Crippen molar-refractivity contribution in [3.05, 3.63) is 27.0 Å². The molecule has 0 spiro atoms. The van der Waals surface area contributed by atoms with E-state index in [0.717, 1.165) is 6.20 Å². The molecule has 0 saturated heterocycles. The molecule has 0 unspecified atom stereocenters. The number of primary amides is 1. The van der Waals surface area contributed by atoms with Gasteiger partial charge >= 0.3 is 5.69 Å². The number of hydrogen-bond donors (Lipinski definition) is 2. The summed E-state index contributed by atoms with van der Waals surface area (Å²) in [5, 5.41) is 13.4. The van der Waals surface area contributed by atoms with Gasteiger partial charge in [0.05, 0.1) is 9.40 Å². The van der Waals surface area contributed by atoms with Gasteiger partial charge in [0.2, 0.25) is 5.91 Å². The molecule has 0 saturated carbocycles. The van der Waals surface area contributed by atoms with Crippen molar-refractivity contribution in [2.24, 2.45) is 5.73 Å². The summed E-state index contributed by atoms with van der Waals surface area (Å²) in [6.07, 6.45) is 2.67. The number of nitrogens with zero attached hydrogens (tertiary/aromatic N) is 2. The minimum Gasteiger partial charge on any atom is -0.378 e. The molecule has 0 aliphatic rings. The smallest absolute Gasteiger partial charge is 0.311 e. The second-order valence-electron chi connectivity index (χ2n) is 2.92. The first-order chi connectivity index (χ1) is 7.52. The Bertz CT molecular complexity index is 424. The van der Waals surface area contributed by atoms with Gasteiger partial charge < -0.3 is 11.1 Å². The Labute approximate surface area is 99.3 Å². The Morgan fingerprint density at radius 3 is 2.88 bits per heavy atom. The summed E-state index contributed by atoms with van der Waals surface area (Å²) in [7, 11) is 0. The Hall–Kier alpha value is -1.70. The molecule has 0 aliphatic carbocycles. The number of nitrogens with two attached hydrogens (primary N) is 1. The van der Waals surface area contributed by atoms with Crippen molar-refractivity contribution in [1.29, 1.82) is 0 Å². The fourth-order valence-electron chi connectivity index (χ4n) is 1.05. The molecule has 3 N–H and O–H groups in total. The van der Waals surface area contributed by atoms with Crippen LogP contribution in [-0.4, -0.2) is 22.4 Å². The van der Waals surface area contributed by atoms with E-state index in [9.17, 15) is 14.9 Å². The molecule has 1 aromatic heterocycles. The Balaban J connectivity index is 2.84. The maximum atomic E-state index is 10.7. The van der Waals surface area contributed by atoms with Gasteiger partial charge in [-0.25, -0.2) is 0 Å². The number of aromatic nitrogens is 1. The van der Waals surface area contributed by atoms with Crippen LogP contribution in [0.1, 0.15) is 6.42 Å². The van der Waals surface area contributed by atoms with Gasteiger partial charge in [0.15, 0.2) is 0 Å². The zero-order valence-corrected chi connectivity index (χ0v) is 9.73. The van der Waals surface area contributed by atoms with Crippen LogP contribution < -0.4 is 11.1 Å². The SMILES string of the molecule is NC(=O)CCNc1c(Br)cncc1[N+](=O)[O-]. The van der Waals surface area contributed by atoms with Crippen LogP contribution in [0.15, 0.2) is 16.9 Å². The molecule has 16 heavy (non-hydrogen) atoms. The summed E-state index contributed by atoms with van der Waals surface area (Å²) in [5.74, 6) is -0.472. The molecular formula is C8H9BrN4O3. The number of carbonyl (C=O) groups excluding carboxylic acids is 1. The Kier molecular flexibility index (Phi) is 4.18. The van der Waals surface area contributed by atoms with Crippen molar-refractivity contribution in [1.82, 2.24) is 4.98 Å². The summed E-state index contributed by atoms with van der Waals surface area (Å²) in [6.45, 7) is 0.235. The molecule has 1 rings (SSSR count). The highest BCUT2D eigenvalue weighted by Gasteiger charge is 2.16. The minimum absolute atomic E-state index is 0.103. The predicted octanol–water partition coefficient (Wildman–Crippen LogP) is 1.04. The topological polar surface area (TPSA) is 111 Å². The van der Waals surface area contributed by atoms with Gasteiger partial charge in [0, 0.05) is 19.2 Å². The Morgan fingerprint density at radius 2 is 2.31 bits per heavy atom. The fourth-order valence-corrected chi connectivity index (χ4v) is 1.51. The van der Waals surface area contributed by atoms with E-state index in [-0.39, 0.29) is 18.7 Å². The van der Waals surface area contributed by atoms with Crippen LogP contribution in [0.5, 0.6) is 0 Å². The van der Waals surface area contributed by atoms with Crippen LogP contribution >= 0.6 is 15.9 Å². The van der Waals surface area contributed by atoms with E-state index in [1.807, 2.05) is 0 Å². The number of pyridine rings is 1. The van der Waals surface area contributed by atoms with Gasteiger partial charge in [-0.15, -0.1) is 0 Å². The molecule has 1 aromatic rings. The number of nitro groups is 1. The van der Waals surface area contributed by atoms with Gasteiger partial charge in [0.1, 0.15) is 11.9 Å². The average Bonchev–Trinajstić information content (AvgIpc) is 2.19. The fraction of sp³-hybridized carbons (Fsp3) is 0.250. The van der Waals surface area contributed by atoms with Crippen molar-refractivity contribution < 1.29 is 9.72 Å². The lowest BCUT2D eigenvalue weighted by molar-refractivity contribution is -0.384. The Morgan fingerprint density at radius 1 is 1.62 bits per heavy atom. The summed E-state index contributed by atoms with van der Waals surface area (Å²) in [6, 6.07) is 0. The molecule has 7 nitrogen and oxygen atoms in total. The van der Waals surface area contributed by atoms with E-state index in [1.54, 1.807) is 0 Å². The third-order valence-corrected chi connectivity index (χ3v) is 2.35. The molecular weight excluding hydrogens is 280 g/mol. The third kappa shape index (κ3) is 3.16. The number of amides is 1. The summed E-state index contributed by atoms with van der Waals surface area (Å²) in [5.41, 5.74) is 5.09. The van der Waals surface area contributed by atoms with Crippen molar-refractivity contribution in [3.8, 4) is 0 Å². The van der Waals surface area contributed by atoms with Crippen molar-refractivity contribution in [2.75, 3.05) is 11.9 Å². The lowest BCUT2D eigenvalue weighted by Gasteiger charge is -2.07. The molecule has 8 heteroatoms. The van der Waals surface area contributed by atoms with Gasteiger partial charge in [-0.1, -0.05) is 0 Å². The second-order valence-corrected chi connectivity index (χ2v) is 3.77. The van der Waals surface area contributed by atoms with Gasteiger partial charge in [-0.05, 0) is 15.9 Å². The first kappa shape index (κ1) is 12.4. The summed E-state index contributed by atoms with van der Waals surface area (Å²) >= 11 is 3.14. The summed E-state index contributed by atoms with van der Waals surface area (Å²) in [4.78, 5) is 24.3.